The molecular formula is C18H22N2O3. The fourth-order valence-electron chi connectivity index (χ4n) is 4.27. The van der Waals surface area contributed by atoms with Gasteiger partial charge in [0, 0.05) is 18.2 Å². The standard InChI is InChI=1S/C18H22N2O3/c1-3-7-18(9-14(21)22)17-13(6-8-23-18)15-12(10-19)5-4-11(2)16(15)20-17/h4-5,13,17,20H,3,6-9H2,1-2H3,(H,21,22). The molecule has 1 aromatic rings. The zero-order valence-electron chi connectivity index (χ0n) is 13.6. The van der Waals surface area contributed by atoms with Crippen molar-refractivity contribution in [3.05, 3.63) is 28.8 Å². The Kier molecular flexibility index (Phi) is 4.03. The van der Waals surface area contributed by atoms with E-state index in [1.54, 1.807) is 0 Å². The van der Waals surface area contributed by atoms with E-state index in [1.165, 1.54) is 0 Å². The van der Waals surface area contributed by atoms with Gasteiger partial charge in [-0.1, -0.05) is 19.4 Å². The van der Waals surface area contributed by atoms with E-state index >= 15 is 0 Å². The van der Waals surface area contributed by atoms with Gasteiger partial charge in [0.2, 0.25) is 0 Å². The summed E-state index contributed by atoms with van der Waals surface area (Å²) in [5.74, 6) is -0.701. The number of fused-ring (bicyclic) bond motifs is 3. The minimum atomic E-state index is -0.839. The lowest BCUT2D eigenvalue weighted by atomic mass is 9.74. The van der Waals surface area contributed by atoms with Gasteiger partial charge in [-0.15, -0.1) is 0 Å². The number of aryl methyl sites for hydroxylation is 1. The quantitative estimate of drug-likeness (QED) is 0.892. The van der Waals surface area contributed by atoms with Gasteiger partial charge in [-0.25, -0.2) is 0 Å². The van der Waals surface area contributed by atoms with Crippen LogP contribution in [0.2, 0.25) is 0 Å². The summed E-state index contributed by atoms with van der Waals surface area (Å²) in [6.45, 7) is 4.60. The molecule has 0 saturated carbocycles. The van der Waals surface area contributed by atoms with E-state index in [0.717, 1.165) is 29.7 Å². The molecule has 2 N–H and O–H groups in total. The van der Waals surface area contributed by atoms with Crippen LogP contribution in [0, 0.1) is 18.3 Å². The van der Waals surface area contributed by atoms with Crippen molar-refractivity contribution in [1.29, 1.82) is 5.26 Å². The average Bonchev–Trinajstić information content (AvgIpc) is 2.90. The van der Waals surface area contributed by atoms with Crippen molar-refractivity contribution in [2.75, 3.05) is 11.9 Å². The Morgan fingerprint density at radius 2 is 2.35 bits per heavy atom. The highest BCUT2D eigenvalue weighted by molar-refractivity contribution is 5.72. The number of hydrogen-bond donors (Lipinski definition) is 2. The van der Waals surface area contributed by atoms with Crippen molar-refractivity contribution < 1.29 is 14.6 Å². The van der Waals surface area contributed by atoms with Crippen LogP contribution in [-0.2, 0) is 9.53 Å². The van der Waals surface area contributed by atoms with Crippen molar-refractivity contribution in [1.82, 2.24) is 0 Å². The van der Waals surface area contributed by atoms with E-state index in [0.29, 0.717) is 18.6 Å². The topological polar surface area (TPSA) is 82.3 Å². The van der Waals surface area contributed by atoms with E-state index in [1.807, 2.05) is 26.0 Å². The molecule has 0 aliphatic carbocycles. The maximum atomic E-state index is 11.4. The lowest BCUT2D eigenvalue weighted by molar-refractivity contribution is -0.152. The number of nitrogens with zero attached hydrogens (tertiary/aromatic N) is 1. The number of carboxylic acids is 1. The van der Waals surface area contributed by atoms with Crippen LogP contribution in [-0.4, -0.2) is 29.3 Å². The molecule has 2 heterocycles. The second-order valence-corrected chi connectivity index (χ2v) is 6.58. The van der Waals surface area contributed by atoms with Gasteiger partial charge >= 0.3 is 5.97 Å². The number of rotatable bonds is 4. The average molecular weight is 314 g/mol. The molecule has 122 valence electrons. The normalized spacial score (nSPS) is 28.4. The highest BCUT2D eigenvalue weighted by atomic mass is 16.5. The van der Waals surface area contributed by atoms with Gasteiger partial charge in [-0.05, 0) is 37.0 Å². The minimum absolute atomic E-state index is 0.00999. The van der Waals surface area contributed by atoms with Crippen LogP contribution in [0.15, 0.2) is 12.1 Å². The molecule has 3 unspecified atom stereocenters. The van der Waals surface area contributed by atoms with Crippen LogP contribution < -0.4 is 5.32 Å². The van der Waals surface area contributed by atoms with Crippen molar-refractivity contribution in [2.45, 2.75) is 57.1 Å². The number of carbonyl (C=O) groups is 1. The largest absolute Gasteiger partial charge is 0.481 e. The molecule has 0 amide bonds. The highest BCUT2D eigenvalue weighted by Crippen LogP contribution is 2.50. The number of nitriles is 1. The maximum Gasteiger partial charge on any atom is 0.306 e. The zero-order valence-corrected chi connectivity index (χ0v) is 13.6. The fraction of sp³-hybridized carbons (Fsp3) is 0.556. The number of nitrogens with one attached hydrogen (secondary N) is 1. The summed E-state index contributed by atoms with van der Waals surface area (Å²) in [5, 5.41) is 22.4. The molecule has 5 nitrogen and oxygen atoms in total. The lowest BCUT2D eigenvalue weighted by Gasteiger charge is -2.45. The van der Waals surface area contributed by atoms with Crippen LogP contribution in [0.25, 0.3) is 0 Å². The fourth-order valence-corrected chi connectivity index (χ4v) is 4.27. The molecule has 2 aliphatic heterocycles. The summed E-state index contributed by atoms with van der Waals surface area (Å²) in [5.41, 5.74) is 3.12. The molecule has 5 heteroatoms. The second kappa shape index (κ2) is 5.86. The Hall–Kier alpha value is -2.06. The van der Waals surface area contributed by atoms with Gasteiger partial charge in [0.1, 0.15) is 0 Å². The van der Waals surface area contributed by atoms with Crippen LogP contribution in [0.4, 0.5) is 5.69 Å². The summed E-state index contributed by atoms with van der Waals surface area (Å²) in [6, 6.07) is 6.02. The van der Waals surface area contributed by atoms with E-state index in [-0.39, 0.29) is 18.4 Å². The first-order valence-corrected chi connectivity index (χ1v) is 8.18. The van der Waals surface area contributed by atoms with Crippen molar-refractivity contribution in [2.24, 2.45) is 0 Å². The number of benzene rings is 1. The summed E-state index contributed by atoms with van der Waals surface area (Å²) < 4.78 is 6.05. The maximum absolute atomic E-state index is 11.4. The van der Waals surface area contributed by atoms with E-state index in [9.17, 15) is 15.2 Å². The van der Waals surface area contributed by atoms with Gasteiger partial charge in [-0.2, -0.15) is 5.26 Å². The third-order valence-corrected chi connectivity index (χ3v) is 5.16. The molecule has 0 spiro atoms. The minimum Gasteiger partial charge on any atom is -0.481 e. The highest BCUT2D eigenvalue weighted by Gasteiger charge is 2.52. The monoisotopic (exact) mass is 314 g/mol. The lowest BCUT2D eigenvalue weighted by Crippen LogP contribution is -2.54. The molecule has 0 radical (unpaired) electrons. The van der Waals surface area contributed by atoms with Crippen molar-refractivity contribution in [3.8, 4) is 6.07 Å². The van der Waals surface area contributed by atoms with Crippen LogP contribution in [0.3, 0.4) is 0 Å². The molecule has 3 atom stereocenters. The summed E-state index contributed by atoms with van der Waals surface area (Å²) in [7, 11) is 0. The third kappa shape index (κ3) is 2.47. The van der Waals surface area contributed by atoms with Gasteiger partial charge in [0.05, 0.1) is 29.7 Å². The Morgan fingerprint density at radius 1 is 1.57 bits per heavy atom. The Balaban J connectivity index is 2.07. The van der Waals surface area contributed by atoms with Crippen LogP contribution >= 0.6 is 0 Å². The molecule has 2 aliphatic rings. The summed E-state index contributed by atoms with van der Waals surface area (Å²) in [4.78, 5) is 11.4. The number of anilines is 1. The van der Waals surface area contributed by atoms with Gasteiger partial charge in [0.15, 0.2) is 0 Å². The van der Waals surface area contributed by atoms with Crippen molar-refractivity contribution >= 4 is 11.7 Å². The molecule has 23 heavy (non-hydrogen) atoms. The molecule has 1 aromatic carbocycles. The first-order valence-electron chi connectivity index (χ1n) is 8.18. The predicted octanol–water partition coefficient (Wildman–Crippen LogP) is 3.18. The Labute approximate surface area is 136 Å². The molecule has 0 bridgehead atoms. The molecule has 0 aromatic heterocycles. The third-order valence-electron chi connectivity index (χ3n) is 5.16. The Bertz CT molecular complexity index is 676. The van der Waals surface area contributed by atoms with E-state index < -0.39 is 11.6 Å². The number of hydrogen-bond acceptors (Lipinski definition) is 4. The molecule has 3 rings (SSSR count). The SMILES string of the molecule is CCCC1(CC(=O)O)OCCC2c3c(C#N)ccc(C)c3NC21. The number of ether oxygens (including phenoxy) is 1. The Morgan fingerprint density at radius 3 is 3.00 bits per heavy atom. The molecular weight excluding hydrogens is 292 g/mol. The van der Waals surface area contributed by atoms with E-state index in [4.69, 9.17) is 4.74 Å². The van der Waals surface area contributed by atoms with Crippen LogP contribution in [0.1, 0.15) is 55.2 Å². The molecule has 1 saturated heterocycles. The first kappa shape index (κ1) is 15.8. The number of carboxylic acid groups (broad SMARTS) is 1. The smallest absolute Gasteiger partial charge is 0.306 e. The second-order valence-electron chi connectivity index (χ2n) is 6.58. The van der Waals surface area contributed by atoms with E-state index in [2.05, 4.69) is 11.4 Å². The van der Waals surface area contributed by atoms with Gasteiger partial charge < -0.3 is 15.2 Å². The zero-order chi connectivity index (χ0) is 16.6. The van der Waals surface area contributed by atoms with Crippen molar-refractivity contribution in [3.63, 3.8) is 0 Å². The van der Waals surface area contributed by atoms with Crippen LogP contribution in [0.5, 0.6) is 0 Å². The predicted molar refractivity (Wildman–Crippen MR) is 86.5 cm³/mol. The van der Waals surface area contributed by atoms with Gasteiger partial charge in [-0.3, -0.25) is 4.79 Å². The summed E-state index contributed by atoms with van der Waals surface area (Å²) >= 11 is 0. The van der Waals surface area contributed by atoms with Gasteiger partial charge in [0.25, 0.3) is 0 Å². The summed E-state index contributed by atoms with van der Waals surface area (Å²) in [6.07, 6.45) is 2.36. The number of aliphatic carboxylic acids is 1. The molecule has 1 fully saturated rings. The first-order chi connectivity index (χ1) is 11.0.